The second-order valence-corrected chi connectivity index (χ2v) is 6.90. The van der Waals surface area contributed by atoms with Gasteiger partial charge >= 0.3 is 0 Å². The number of halogens is 3. The van der Waals surface area contributed by atoms with Gasteiger partial charge in [-0.2, -0.15) is 0 Å². The van der Waals surface area contributed by atoms with Crippen molar-refractivity contribution in [2.24, 2.45) is 0 Å². The van der Waals surface area contributed by atoms with Crippen LogP contribution >= 0.6 is 11.6 Å². The molecule has 1 fully saturated rings. The van der Waals surface area contributed by atoms with Gasteiger partial charge in [0.25, 0.3) is 5.91 Å². The summed E-state index contributed by atoms with van der Waals surface area (Å²) in [7, 11) is 0. The molecule has 0 radical (unpaired) electrons. The van der Waals surface area contributed by atoms with Crippen LogP contribution in [0.4, 0.5) is 20.2 Å². The van der Waals surface area contributed by atoms with E-state index < -0.39 is 11.6 Å². The van der Waals surface area contributed by atoms with Crippen molar-refractivity contribution in [1.29, 1.82) is 0 Å². The summed E-state index contributed by atoms with van der Waals surface area (Å²) in [6.07, 6.45) is 0. The highest BCUT2D eigenvalue weighted by molar-refractivity contribution is 6.30. The quantitative estimate of drug-likeness (QED) is 0.854. The molecule has 138 valence electrons. The van der Waals surface area contributed by atoms with Crippen LogP contribution in [0.3, 0.4) is 0 Å². The molecule has 1 heterocycles. The summed E-state index contributed by atoms with van der Waals surface area (Å²) < 4.78 is 26.7. The molecule has 2 aromatic carbocycles. The van der Waals surface area contributed by atoms with Crippen molar-refractivity contribution >= 4 is 28.9 Å². The van der Waals surface area contributed by atoms with E-state index in [1.54, 1.807) is 0 Å². The number of piperazine rings is 1. The summed E-state index contributed by atoms with van der Waals surface area (Å²) in [6, 6.07) is 10.5. The minimum Gasteiger partial charge on any atom is -0.360 e. The largest absolute Gasteiger partial charge is 0.360 e. The fraction of sp³-hybridized carbons (Fsp3) is 0.316. The van der Waals surface area contributed by atoms with E-state index in [4.69, 9.17) is 11.6 Å². The van der Waals surface area contributed by atoms with E-state index in [9.17, 15) is 13.6 Å². The fourth-order valence-electron chi connectivity index (χ4n) is 3.18. The summed E-state index contributed by atoms with van der Waals surface area (Å²) in [6.45, 7) is 5.00. The number of hydrogen-bond donors (Lipinski definition) is 2. The molecule has 1 saturated heterocycles. The van der Waals surface area contributed by atoms with Gasteiger partial charge in [0.1, 0.15) is 11.6 Å². The molecule has 0 bridgehead atoms. The van der Waals surface area contributed by atoms with E-state index in [2.05, 4.69) is 10.2 Å². The van der Waals surface area contributed by atoms with Gasteiger partial charge in [0.2, 0.25) is 0 Å². The highest BCUT2D eigenvalue weighted by atomic mass is 35.5. The molecule has 1 aliphatic rings. The third kappa shape index (κ3) is 4.31. The SMILES string of the molecule is C[C@@H](C(=O)Nc1ccc(F)cc1F)[NH+]1CCN(c2cccc(Cl)c2)CC1. The maximum absolute atomic E-state index is 13.7. The third-order valence-electron chi connectivity index (χ3n) is 4.77. The van der Waals surface area contributed by atoms with E-state index in [0.29, 0.717) is 5.02 Å². The fourth-order valence-corrected chi connectivity index (χ4v) is 3.36. The van der Waals surface area contributed by atoms with Gasteiger partial charge < -0.3 is 15.1 Å². The number of quaternary nitrogens is 1. The van der Waals surface area contributed by atoms with Crippen molar-refractivity contribution < 1.29 is 18.5 Å². The molecule has 0 saturated carbocycles. The van der Waals surface area contributed by atoms with Crippen molar-refractivity contribution in [1.82, 2.24) is 0 Å². The smallest absolute Gasteiger partial charge is 0.282 e. The van der Waals surface area contributed by atoms with Crippen LogP contribution in [-0.4, -0.2) is 38.1 Å². The van der Waals surface area contributed by atoms with E-state index >= 15 is 0 Å². The number of amides is 1. The number of anilines is 2. The maximum atomic E-state index is 13.7. The summed E-state index contributed by atoms with van der Waals surface area (Å²) in [5.74, 6) is -1.72. The van der Waals surface area contributed by atoms with Gasteiger partial charge in [0, 0.05) is 16.8 Å². The van der Waals surface area contributed by atoms with Crippen LogP contribution in [0, 0.1) is 11.6 Å². The molecule has 26 heavy (non-hydrogen) atoms. The van der Waals surface area contributed by atoms with Gasteiger partial charge in [0.15, 0.2) is 6.04 Å². The number of nitrogens with one attached hydrogen (secondary N) is 2. The summed E-state index contributed by atoms with van der Waals surface area (Å²) in [4.78, 5) is 15.8. The van der Waals surface area contributed by atoms with Crippen LogP contribution in [0.15, 0.2) is 42.5 Å². The number of hydrogen-bond acceptors (Lipinski definition) is 2. The van der Waals surface area contributed by atoms with Crippen LogP contribution in [0.1, 0.15) is 6.92 Å². The van der Waals surface area contributed by atoms with E-state index in [-0.39, 0.29) is 17.6 Å². The lowest BCUT2D eigenvalue weighted by Crippen LogP contribution is -3.19. The molecular weight excluding hydrogens is 360 g/mol. The molecule has 2 N–H and O–H groups in total. The first-order valence-electron chi connectivity index (χ1n) is 8.55. The zero-order valence-corrected chi connectivity index (χ0v) is 15.2. The molecule has 1 amide bonds. The van der Waals surface area contributed by atoms with Gasteiger partial charge in [-0.15, -0.1) is 0 Å². The van der Waals surface area contributed by atoms with Gasteiger partial charge in [-0.1, -0.05) is 17.7 Å². The first kappa shape index (κ1) is 18.6. The Morgan fingerprint density at radius 3 is 2.58 bits per heavy atom. The Kier molecular flexibility index (Phi) is 5.74. The highest BCUT2D eigenvalue weighted by Crippen LogP contribution is 2.19. The Bertz CT molecular complexity index is 794. The zero-order valence-electron chi connectivity index (χ0n) is 14.4. The predicted molar refractivity (Wildman–Crippen MR) is 98.8 cm³/mol. The molecular formula is C19H21ClF2N3O+. The summed E-state index contributed by atoms with van der Waals surface area (Å²) in [5.41, 5.74) is 1.07. The van der Waals surface area contributed by atoms with Crippen LogP contribution in [0.5, 0.6) is 0 Å². The average molecular weight is 381 g/mol. The number of benzene rings is 2. The van der Waals surface area contributed by atoms with E-state index in [0.717, 1.165) is 48.9 Å². The van der Waals surface area contributed by atoms with Crippen LogP contribution in [0.25, 0.3) is 0 Å². The van der Waals surface area contributed by atoms with Gasteiger partial charge in [-0.05, 0) is 37.3 Å². The number of nitrogens with zero attached hydrogens (tertiary/aromatic N) is 1. The Balaban J connectivity index is 1.57. The first-order valence-corrected chi connectivity index (χ1v) is 8.93. The predicted octanol–water partition coefficient (Wildman–Crippen LogP) is 2.35. The maximum Gasteiger partial charge on any atom is 0.282 e. The number of carbonyl (C=O) groups excluding carboxylic acids is 1. The Hall–Kier alpha value is -2.18. The van der Waals surface area contributed by atoms with Crippen LogP contribution in [-0.2, 0) is 4.79 Å². The Morgan fingerprint density at radius 1 is 1.19 bits per heavy atom. The van der Waals surface area contributed by atoms with Crippen molar-refractivity contribution in [3.8, 4) is 0 Å². The van der Waals surface area contributed by atoms with Crippen molar-refractivity contribution in [3.63, 3.8) is 0 Å². The molecule has 1 aliphatic heterocycles. The second kappa shape index (κ2) is 8.01. The van der Waals surface area contributed by atoms with Gasteiger partial charge in [-0.25, -0.2) is 8.78 Å². The topological polar surface area (TPSA) is 36.8 Å². The summed E-state index contributed by atoms with van der Waals surface area (Å²) in [5, 5.41) is 3.25. The van der Waals surface area contributed by atoms with E-state index in [1.165, 1.54) is 6.07 Å². The monoisotopic (exact) mass is 380 g/mol. The molecule has 0 aromatic heterocycles. The normalized spacial score (nSPS) is 16.4. The molecule has 4 nitrogen and oxygen atoms in total. The Morgan fingerprint density at radius 2 is 1.92 bits per heavy atom. The lowest BCUT2D eigenvalue weighted by Gasteiger charge is -2.36. The lowest BCUT2D eigenvalue weighted by molar-refractivity contribution is -0.914. The molecule has 0 unspecified atom stereocenters. The highest BCUT2D eigenvalue weighted by Gasteiger charge is 2.29. The molecule has 2 aromatic rings. The van der Waals surface area contributed by atoms with Gasteiger partial charge in [-0.3, -0.25) is 4.79 Å². The first-order chi connectivity index (χ1) is 12.4. The molecule has 1 atom stereocenters. The number of carbonyl (C=O) groups is 1. The van der Waals surface area contributed by atoms with Gasteiger partial charge in [0.05, 0.1) is 31.9 Å². The molecule has 0 spiro atoms. The van der Waals surface area contributed by atoms with Crippen molar-refractivity contribution in [2.45, 2.75) is 13.0 Å². The number of rotatable bonds is 4. The summed E-state index contributed by atoms with van der Waals surface area (Å²) >= 11 is 6.05. The van der Waals surface area contributed by atoms with Crippen molar-refractivity contribution in [2.75, 3.05) is 36.4 Å². The van der Waals surface area contributed by atoms with Crippen LogP contribution < -0.4 is 15.1 Å². The van der Waals surface area contributed by atoms with E-state index in [1.807, 2.05) is 31.2 Å². The molecule has 7 heteroatoms. The second-order valence-electron chi connectivity index (χ2n) is 6.46. The standard InChI is InChI=1S/C19H20ClF2N3O/c1-13(19(26)23-18-6-5-15(21)12-17(18)22)24-7-9-25(10-8-24)16-4-2-3-14(20)11-16/h2-6,11-13H,7-10H2,1H3,(H,23,26)/p+1/t13-/m0/s1. The minimum atomic E-state index is -0.772. The Labute approximate surface area is 156 Å². The zero-order chi connectivity index (χ0) is 18.7. The molecule has 0 aliphatic carbocycles. The van der Waals surface area contributed by atoms with Crippen LogP contribution in [0.2, 0.25) is 5.02 Å². The van der Waals surface area contributed by atoms with Crippen molar-refractivity contribution in [3.05, 3.63) is 59.1 Å². The minimum absolute atomic E-state index is 0.000198. The third-order valence-corrected chi connectivity index (χ3v) is 5.01. The average Bonchev–Trinajstić information content (AvgIpc) is 2.63. The lowest BCUT2D eigenvalue weighted by atomic mass is 10.2. The molecule has 3 rings (SSSR count).